The second-order valence-corrected chi connectivity index (χ2v) is 6.11. The summed E-state index contributed by atoms with van der Waals surface area (Å²) < 4.78 is 39.7. The average molecular weight is 417 g/mol. The van der Waals surface area contributed by atoms with Crippen LogP contribution in [0.5, 0.6) is 0 Å². The molecule has 3 aromatic rings. The monoisotopic (exact) mass is 417 g/mol. The van der Waals surface area contributed by atoms with Crippen LogP contribution in [0.4, 0.5) is 41.9 Å². The Labute approximate surface area is 167 Å². The Morgan fingerprint density at radius 1 is 1.03 bits per heavy atom. The zero-order valence-corrected chi connectivity index (χ0v) is 15.4. The number of alkyl halides is 3. The van der Waals surface area contributed by atoms with E-state index in [0.717, 1.165) is 18.5 Å². The molecule has 0 atom stereocenters. The largest absolute Gasteiger partial charge is 0.418 e. The molecule has 0 aliphatic carbocycles. The number of carbonyl (C=O) groups excluding carboxylic acids is 1. The van der Waals surface area contributed by atoms with Crippen molar-refractivity contribution in [1.82, 2.24) is 9.97 Å². The fraction of sp³-hybridized carbons (Fsp3) is 0.105. The van der Waals surface area contributed by atoms with E-state index in [1.54, 1.807) is 18.2 Å². The molecule has 0 bridgehead atoms. The van der Waals surface area contributed by atoms with Crippen molar-refractivity contribution < 1.29 is 22.9 Å². The molecule has 0 spiro atoms. The quantitative estimate of drug-likeness (QED) is 0.326. The number of nitro groups is 1. The number of rotatable bonds is 6. The number of nitrogens with zero attached hydrogens (tertiary/aromatic N) is 3. The fourth-order valence-corrected chi connectivity index (χ4v) is 2.65. The summed E-state index contributed by atoms with van der Waals surface area (Å²) in [5.41, 5.74) is -1.33. The van der Waals surface area contributed by atoms with Crippen LogP contribution in [0.3, 0.4) is 0 Å². The number of hydrogen-bond donors (Lipinski definition) is 2. The van der Waals surface area contributed by atoms with Crippen LogP contribution >= 0.6 is 0 Å². The number of nitrogens with one attached hydrogen (secondary N) is 2. The molecule has 11 heteroatoms. The average Bonchev–Trinajstić information content (AvgIpc) is 2.67. The molecule has 30 heavy (non-hydrogen) atoms. The lowest BCUT2D eigenvalue weighted by Crippen LogP contribution is -2.10. The molecule has 0 saturated heterocycles. The fourth-order valence-electron chi connectivity index (χ4n) is 2.65. The van der Waals surface area contributed by atoms with E-state index in [0.29, 0.717) is 11.3 Å². The van der Waals surface area contributed by atoms with Crippen LogP contribution in [-0.2, 0) is 6.18 Å². The standard InChI is InChI=1S/C19H14F3N5O3/c1-11(28)12-5-4-6-13(9-12)25-17-16(27(29)30)18(24-10-23-17)26-15-8-3-2-7-14(15)19(20,21)22/h2-10H,1H3,(H2,23,24,25,26). The molecular weight excluding hydrogens is 403 g/mol. The van der Waals surface area contributed by atoms with Crippen LogP contribution in [0.15, 0.2) is 54.9 Å². The molecular formula is C19H14F3N5O3. The SMILES string of the molecule is CC(=O)c1cccc(Nc2ncnc(Nc3ccccc3C(F)(F)F)c2[N+](=O)[O-])c1. The first-order valence-corrected chi connectivity index (χ1v) is 8.47. The number of para-hydroxylation sites is 1. The summed E-state index contributed by atoms with van der Waals surface area (Å²) in [4.78, 5) is 29.9. The van der Waals surface area contributed by atoms with Crippen molar-refractivity contribution in [3.8, 4) is 0 Å². The molecule has 1 aromatic heterocycles. The molecule has 0 aliphatic rings. The Hall–Kier alpha value is -4.02. The predicted octanol–water partition coefficient (Wildman–Crippen LogP) is 5.09. The van der Waals surface area contributed by atoms with Crippen molar-refractivity contribution in [3.63, 3.8) is 0 Å². The molecule has 8 nitrogen and oxygen atoms in total. The van der Waals surface area contributed by atoms with Gasteiger partial charge in [-0.1, -0.05) is 24.3 Å². The van der Waals surface area contributed by atoms with E-state index in [1.165, 1.54) is 25.1 Å². The van der Waals surface area contributed by atoms with Crippen LogP contribution in [-0.4, -0.2) is 20.7 Å². The van der Waals surface area contributed by atoms with Crippen molar-refractivity contribution in [2.24, 2.45) is 0 Å². The smallest absolute Gasteiger partial charge is 0.334 e. The number of benzene rings is 2. The predicted molar refractivity (Wildman–Crippen MR) is 103 cm³/mol. The van der Waals surface area contributed by atoms with Crippen molar-refractivity contribution in [3.05, 3.63) is 76.1 Å². The maximum absolute atomic E-state index is 13.2. The van der Waals surface area contributed by atoms with Gasteiger partial charge in [-0.2, -0.15) is 13.2 Å². The van der Waals surface area contributed by atoms with Crippen molar-refractivity contribution in [1.29, 1.82) is 0 Å². The van der Waals surface area contributed by atoms with Crippen LogP contribution in [0.2, 0.25) is 0 Å². The van der Waals surface area contributed by atoms with Crippen molar-refractivity contribution in [2.45, 2.75) is 13.1 Å². The molecule has 0 amide bonds. The summed E-state index contributed by atoms with van der Waals surface area (Å²) in [5.74, 6) is -0.874. The molecule has 0 radical (unpaired) electrons. The number of hydrogen-bond acceptors (Lipinski definition) is 7. The first kappa shape index (κ1) is 20.7. The number of Topliss-reactive ketones (excluding diaryl/α,β-unsaturated/α-hetero) is 1. The molecule has 1 heterocycles. The number of halogens is 3. The van der Waals surface area contributed by atoms with Gasteiger partial charge in [0, 0.05) is 11.3 Å². The lowest BCUT2D eigenvalue weighted by atomic mass is 10.1. The first-order valence-electron chi connectivity index (χ1n) is 8.47. The van der Waals surface area contributed by atoms with Gasteiger partial charge in [0.2, 0.25) is 11.6 Å². The Morgan fingerprint density at radius 3 is 2.33 bits per heavy atom. The number of aromatic nitrogens is 2. The Bertz CT molecular complexity index is 1120. The molecule has 154 valence electrons. The van der Waals surface area contributed by atoms with Gasteiger partial charge in [-0.25, -0.2) is 9.97 Å². The third-order valence-corrected chi connectivity index (χ3v) is 4.02. The van der Waals surface area contributed by atoms with Gasteiger partial charge in [-0.3, -0.25) is 14.9 Å². The molecule has 0 aliphatic heterocycles. The normalized spacial score (nSPS) is 11.1. The highest BCUT2D eigenvalue weighted by atomic mass is 19.4. The van der Waals surface area contributed by atoms with Crippen molar-refractivity contribution in [2.75, 3.05) is 10.6 Å². The molecule has 0 unspecified atom stereocenters. The minimum absolute atomic E-state index is 0.207. The van der Waals surface area contributed by atoms with Gasteiger partial charge in [-0.15, -0.1) is 0 Å². The van der Waals surface area contributed by atoms with E-state index in [1.807, 2.05) is 0 Å². The van der Waals surface area contributed by atoms with Gasteiger partial charge in [0.15, 0.2) is 5.78 Å². The highest BCUT2D eigenvalue weighted by Crippen LogP contribution is 2.38. The molecule has 3 rings (SSSR count). The van der Waals surface area contributed by atoms with E-state index in [-0.39, 0.29) is 11.6 Å². The zero-order valence-electron chi connectivity index (χ0n) is 15.4. The summed E-state index contributed by atoms with van der Waals surface area (Å²) >= 11 is 0. The summed E-state index contributed by atoms with van der Waals surface area (Å²) in [6.45, 7) is 1.37. The molecule has 2 N–H and O–H groups in total. The lowest BCUT2D eigenvalue weighted by molar-refractivity contribution is -0.383. The minimum atomic E-state index is -4.67. The van der Waals surface area contributed by atoms with Gasteiger partial charge in [0.1, 0.15) is 6.33 Å². The van der Waals surface area contributed by atoms with Gasteiger partial charge in [-0.05, 0) is 31.2 Å². The number of carbonyl (C=O) groups is 1. The molecule has 2 aromatic carbocycles. The lowest BCUT2D eigenvalue weighted by Gasteiger charge is -2.14. The molecule has 0 fully saturated rings. The maximum Gasteiger partial charge on any atom is 0.418 e. The second-order valence-electron chi connectivity index (χ2n) is 6.11. The van der Waals surface area contributed by atoms with E-state index in [2.05, 4.69) is 20.6 Å². The topological polar surface area (TPSA) is 110 Å². The second kappa shape index (κ2) is 8.15. The van der Waals surface area contributed by atoms with Crippen molar-refractivity contribution >= 4 is 34.5 Å². The third kappa shape index (κ3) is 4.51. The summed E-state index contributed by atoms with van der Waals surface area (Å²) in [7, 11) is 0. The zero-order chi connectivity index (χ0) is 21.9. The summed E-state index contributed by atoms with van der Waals surface area (Å²) in [6, 6.07) is 10.7. The minimum Gasteiger partial charge on any atom is -0.334 e. The van der Waals surface area contributed by atoms with E-state index >= 15 is 0 Å². The van der Waals surface area contributed by atoms with Gasteiger partial charge in [0.25, 0.3) is 0 Å². The highest BCUT2D eigenvalue weighted by molar-refractivity contribution is 5.95. The van der Waals surface area contributed by atoms with Gasteiger partial charge in [0.05, 0.1) is 16.2 Å². The third-order valence-electron chi connectivity index (χ3n) is 4.02. The Kier molecular flexibility index (Phi) is 5.63. The Morgan fingerprint density at radius 2 is 1.70 bits per heavy atom. The number of anilines is 4. The highest BCUT2D eigenvalue weighted by Gasteiger charge is 2.34. The maximum atomic E-state index is 13.2. The Balaban J connectivity index is 2.02. The first-order chi connectivity index (χ1) is 14.2. The van der Waals surface area contributed by atoms with E-state index < -0.39 is 33.9 Å². The van der Waals surface area contributed by atoms with Gasteiger partial charge < -0.3 is 10.6 Å². The summed E-state index contributed by atoms with van der Waals surface area (Å²) in [6.07, 6.45) is -3.69. The van der Waals surface area contributed by atoms with E-state index in [9.17, 15) is 28.1 Å². The molecule has 0 saturated carbocycles. The number of ketones is 1. The van der Waals surface area contributed by atoms with E-state index in [4.69, 9.17) is 0 Å². The van der Waals surface area contributed by atoms with Crippen LogP contribution in [0, 0.1) is 10.1 Å². The van der Waals surface area contributed by atoms with Crippen LogP contribution < -0.4 is 10.6 Å². The van der Waals surface area contributed by atoms with Crippen LogP contribution in [0.1, 0.15) is 22.8 Å². The van der Waals surface area contributed by atoms with Gasteiger partial charge >= 0.3 is 11.9 Å². The van der Waals surface area contributed by atoms with Crippen LogP contribution in [0.25, 0.3) is 0 Å². The summed E-state index contributed by atoms with van der Waals surface area (Å²) in [5, 5.41) is 16.7.